The summed E-state index contributed by atoms with van der Waals surface area (Å²) in [4.78, 5) is 34.7. The van der Waals surface area contributed by atoms with Crippen LogP contribution in [0.2, 0.25) is 0 Å². The highest BCUT2D eigenvalue weighted by Crippen LogP contribution is 2.53. The predicted octanol–water partition coefficient (Wildman–Crippen LogP) is 4.21. The molecule has 1 saturated carbocycles. The summed E-state index contributed by atoms with van der Waals surface area (Å²) in [5.74, 6) is -0.132. The molecule has 0 radical (unpaired) electrons. The van der Waals surface area contributed by atoms with Crippen molar-refractivity contribution in [1.82, 2.24) is 14.8 Å². The van der Waals surface area contributed by atoms with Crippen LogP contribution in [0.15, 0.2) is 42.6 Å². The van der Waals surface area contributed by atoms with Crippen LogP contribution in [0.5, 0.6) is 0 Å². The molecule has 1 aromatic heterocycles. The number of pyridine rings is 1. The van der Waals surface area contributed by atoms with E-state index in [-0.39, 0.29) is 41.2 Å². The maximum absolute atomic E-state index is 13.6. The SMILES string of the molecule is CC(=O)N1[C@@H]2CN(C(=O)c3ccc(Cc4cccc(F)c4)nc3)[C@@H]3CCCC[C@H]1[C@]3(C)C2. The van der Waals surface area contributed by atoms with Crippen LogP contribution in [-0.4, -0.2) is 51.3 Å². The van der Waals surface area contributed by atoms with Crippen LogP contribution >= 0.6 is 0 Å². The minimum Gasteiger partial charge on any atom is -0.335 e. The fourth-order valence-electron chi connectivity index (χ4n) is 6.54. The molecule has 6 heteroatoms. The molecule has 2 saturated heterocycles. The lowest BCUT2D eigenvalue weighted by atomic mass is 9.71. The maximum Gasteiger partial charge on any atom is 0.255 e. The smallest absolute Gasteiger partial charge is 0.255 e. The zero-order chi connectivity index (χ0) is 22.5. The highest BCUT2D eigenvalue weighted by molar-refractivity contribution is 5.94. The van der Waals surface area contributed by atoms with Crippen LogP contribution < -0.4 is 0 Å². The highest BCUT2D eigenvalue weighted by Gasteiger charge is 2.60. The van der Waals surface area contributed by atoms with E-state index < -0.39 is 0 Å². The Balaban J connectivity index is 1.39. The van der Waals surface area contributed by atoms with Crippen LogP contribution in [0.1, 0.15) is 67.6 Å². The van der Waals surface area contributed by atoms with Gasteiger partial charge in [-0.05, 0) is 49.1 Å². The second kappa shape index (κ2) is 7.98. The van der Waals surface area contributed by atoms with Crippen LogP contribution in [0.4, 0.5) is 4.39 Å². The maximum atomic E-state index is 13.6. The molecule has 2 bridgehead atoms. The van der Waals surface area contributed by atoms with E-state index in [2.05, 4.69) is 16.8 Å². The van der Waals surface area contributed by atoms with Gasteiger partial charge >= 0.3 is 0 Å². The van der Waals surface area contributed by atoms with Crippen molar-refractivity contribution in [1.29, 1.82) is 0 Å². The number of rotatable bonds is 3. The Hall–Kier alpha value is -2.76. The number of halogens is 1. The fourth-order valence-corrected chi connectivity index (χ4v) is 6.54. The van der Waals surface area contributed by atoms with Gasteiger partial charge in [-0.15, -0.1) is 0 Å². The number of carbonyl (C=O) groups excluding carboxylic acids is 2. The van der Waals surface area contributed by atoms with E-state index in [1.165, 1.54) is 12.1 Å². The van der Waals surface area contributed by atoms with Crippen molar-refractivity contribution in [2.75, 3.05) is 6.54 Å². The van der Waals surface area contributed by atoms with Crippen molar-refractivity contribution >= 4 is 11.8 Å². The van der Waals surface area contributed by atoms with Crippen molar-refractivity contribution in [3.63, 3.8) is 0 Å². The molecule has 0 spiro atoms. The van der Waals surface area contributed by atoms with Crippen molar-refractivity contribution < 1.29 is 14.0 Å². The molecule has 5 nitrogen and oxygen atoms in total. The summed E-state index contributed by atoms with van der Waals surface area (Å²) in [5.41, 5.74) is 2.18. The third-order valence-electron chi connectivity index (χ3n) is 7.89. The largest absolute Gasteiger partial charge is 0.335 e. The van der Waals surface area contributed by atoms with Crippen LogP contribution in [-0.2, 0) is 11.2 Å². The first-order valence-corrected chi connectivity index (χ1v) is 11.7. The van der Waals surface area contributed by atoms with E-state index in [4.69, 9.17) is 0 Å². The molecule has 4 atom stereocenters. The molecule has 3 aliphatic rings. The number of benzene rings is 1. The van der Waals surface area contributed by atoms with Gasteiger partial charge in [-0.3, -0.25) is 14.6 Å². The molecule has 2 aliphatic heterocycles. The van der Waals surface area contributed by atoms with E-state index >= 15 is 0 Å². The van der Waals surface area contributed by atoms with Crippen molar-refractivity contribution in [3.8, 4) is 0 Å². The van der Waals surface area contributed by atoms with Crippen molar-refractivity contribution in [2.24, 2.45) is 5.41 Å². The Morgan fingerprint density at radius 1 is 1.16 bits per heavy atom. The van der Waals surface area contributed by atoms with Gasteiger partial charge in [-0.25, -0.2) is 4.39 Å². The molecule has 3 fully saturated rings. The molecular formula is C26H30FN3O2. The summed E-state index contributed by atoms with van der Waals surface area (Å²) in [6.07, 6.45) is 7.36. The molecule has 2 amide bonds. The second-order valence-corrected chi connectivity index (χ2v) is 9.91. The average Bonchev–Trinajstić information content (AvgIpc) is 2.87. The van der Waals surface area contributed by atoms with Gasteiger partial charge in [-0.2, -0.15) is 0 Å². The van der Waals surface area contributed by atoms with E-state index in [0.717, 1.165) is 43.4 Å². The lowest BCUT2D eigenvalue weighted by Crippen LogP contribution is -2.55. The monoisotopic (exact) mass is 435 g/mol. The first-order chi connectivity index (χ1) is 15.4. The summed E-state index contributed by atoms with van der Waals surface area (Å²) < 4.78 is 13.5. The number of fused-ring (bicyclic) bond motifs is 1. The molecule has 0 unspecified atom stereocenters. The van der Waals surface area contributed by atoms with Crippen molar-refractivity contribution in [3.05, 3.63) is 65.2 Å². The number of carbonyl (C=O) groups is 2. The first kappa shape index (κ1) is 21.1. The molecule has 32 heavy (non-hydrogen) atoms. The standard InChI is InChI=1S/C26H30FN3O2/c1-17(31)30-22-14-26(2)23(8-3-4-9-24(26)30)29(16-22)25(32)19-10-11-21(28-15-19)13-18-6-5-7-20(27)12-18/h5-7,10-12,15,22-24H,3-4,8-9,13-14,16H2,1-2H3/t22-,23+,24-,26+/m0/s1. The second-order valence-electron chi connectivity index (χ2n) is 9.91. The number of piperidine rings is 1. The molecular weight excluding hydrogens is 405 g/mol. The van der Waals surface area contributed by atoms with E-state index in [0.29, 0.717) is 18.5 Å². The zero-order valence-electron chi connectivity index (χ0n) is 18.8. The predicted molar refractivity (Wildman–Crippen MR) is 120 cm³/mol. The number of aromatic nitrogens is 1. The Labute approximate surface area is 188 Å². The molecule has 168 valence electrons. The number of hydrogen-bond donors (Lipinski definition) is 0. The quantitative estimate of drug-likeness (QED) is 0.726. The minimum absolute atomic E-state index is 0.00165. The Bertz CT molecular complexity index is 1040. The first-order valence-electron chi connectivity index (χ1n) is 11.7. The minimum atomic E-state index is -0.260. The number of hydrogen-bond acceptors (Lipinski definition) is 3. The molecule has 2 aromatic rings. The van der Waals surface area contributed by atoms with E-state index in [1.807, 2.05) is 23.1 Å². The summed E-state index contributed by atoms with van der Waals surface area (Å²) in [7, 11) is 0. The normalized spacial score (nSPS) is 29.0. The van der Waals surface area contributed by atoms with E-state index in [9.17, 15) is 14.0 Å². The van der Waals surface area contributed by atoms with Gasteiger partial charge in [0, 0.05) is 49.3 Å². The number of nitrogens with zero attached hydrogens (tertiary/aromatic N) is 3. The van der Waals surface area contributed by atoms with E-state index in [1.54, 1.807) is 19.2 Å². The van der Waals surface area contributed by atoms with Gasteiger partial charge in [0.25, 0.3) is 5.91 Å². The van der Waals surface area contributed by atoms with Gasteiger partial charge in [0.1, 0.15) is 5.82 Å². The third-order valence-corrected chi connectivity index (χ3v) is 7.89. The molecule has 0 N–H and O–H groups in total. The highest BCUT2D eigenvalue weighted by atomic mass is 19.1. The van der Waals surface area contributed by atoms with Crippen LogP contribution in [0.3, 0.4) is 0 Å². The van der Waals surface area contributed by atoms with Crippen LogP contribution in [0, 0.1) is 11.2 Å². The Morgan fingerprint density at radius 3 is 2.62 bits per heavy atom. The zero-order valence-corrected chi connectivity index (χ0v) is 18.8. The van der Waals surface area contributed by atoms with Gasteiger partial charge in [0.2, 0.25) is 5.91 Å². The summed E-state index contributed by atoms with van der Waals surface area (Å²) in [6, 6.07) is 10.7. The lowest BCUT2D eigenvalue weighted by molar-refractivity contribution is -0.132. The average molecular weight is 436 g/mol. The lowest BCUT2D eigenvalue weighted by Gasteiger charge is -2.46. The van der Waals surface area contributed by atoms with Gasteiger partial charge in [0.15, 0.2) is 0 Å². The Morgan fingerprint density at radius 2 is 1.94 bits per heavy atom. The summed E-state index contributed by atoms with van der Waals surface area (Å²) in [5, 5.41) is 0. The fraction of sp³-hybridized carbons (Fsp3) is 0.500. The Kier molecular flexibility index (Phi) is 5.26. The molecule has 1 aliphatic carbocycles. The number of likely N-dealkylation sites (tertiary alicyclic amines) is 2. The van der Waals surface area contributed by atoms with Gasteiger partial charge in [0.05, 0.1) is 11.6 Å². The number of amides is 2. The topological polar surface area (TPSA) is 53.5 Å². The van der Waals surface area contributed by atoms with Gasteiger partial charge < -0.3 is 9.80 Å². The summed E-state index contributed by atoms with van der Waals surface area (Å²) >= 11 is 0. The van der Waals surface area contributed by atoms with Crippen LogP contribution in [0.25, 0.3) is 0 Å². The molecule has 5 rings (SSSR count). The van der Waals surface area contributed by atoms with Gasteiger partial charge in [-0.1, -0.05) is 31.9 Å². The summed E-state index contributed by atoms with van der Waals surface area (Å²) in [6.45, 7) is 4.54. The van der Waals surface area contributed by atoms with Crippen molar-refractivity contribution in [2.45, 2.75) is 70.5 Å². The third kappa shape index (κ3) is 3.50. The molecule has 1 aromatic carbocycles. The molecule has 3 heterocycles.